The molecule has 0 radical (unpaired) electrons. The summed E-state index contributed by atoms with van der Waals surface area (Å²) in [5.41, 5.74) is 2.89. The van der Waals surface area contributed by atoms with Crippen molar-refractivity contribution in [3.8, 4) is 12.0 Å². The van der Waals surface area contributed by atoms with Crippen LogP contribution in [0.5, 0.6) is 0 Å². The van der Waals surface area contributed by atoms with Crippen molar-refractivity contribution in [3.63, 3.8) is 0 Å². The molecule has 0 saturated heterocycles. The molecule has 2 heteroatoms. The van der Waals surface area contributed by atoms with E-state index in [0.717, 1.165) is 0 Å². The Labute approximate surface area is 66.9 Å². The molecule has 10 heavy (non-hydrogen) atoms. The van der Waals surface area contributed by atoms with E-state index in [1.165, 1.54) is 4.50 Å². The first-order chi connectivity index (χ1) is 4.67. The molecule has 0 nitrogen and oxygen atoms in total. The maximum Gasteiger partial charge on any atom is 0.173 e. The average molecular weight is 166 g/mol. The third kappa shape index (κ3) is 1.31. The van der Waals surface area contributed by atoms with Crippen LogP contribution in [0.2, 0.25) is 13.1 Å². The van der Waals surface area contributed by atoms with Gasteiger partial charge in [-0.3, -0.25) is 0 Å². The maximum atomic E-state index is 5.42. The van der Waals surface area contributed by atoms with Gasteiger partial charge in [-0.15, -0.1) is 12.0 Å². The summed E-state index contributed by atoms with van der Waals surface area (Å²) in [5.74, 6) is 0. The van der Waals surface area contributed by atoms with Crippen molar-refractivity contribution in [2.45, 2.75) is 13.1 Å². The van der Waals surface area contributed by atoms with Crippen molar-refractivity contribution >= 4 is 23.9 Å². The highest BCUT2D eigenvalue weighted by molar-refractivity contribution is 7.26. The summed E-state index contributed by atoms with van der Waals surface area (Å²) in [6.45, 7) is 4.39. The van der Waals surface area contributed by atoms with E-state index in [1.807, 2.05) is 0 Å². The summed E-state index contributed by atoms with van der Waals surface area (Å²) in [6.07, 6.45) is 5.42. The second-order valence-electron chi connectivity index (χ2n) is 2.75. The van der Waals surface area contributed by atoms with Gasteiger partial charge in [-0.25, -0.2) is 0 Å². The molecule has 1 aromatic heterocycles. The molecular weight excluding hydrogens is 156 g/mol. The summed E-state index contributed by atoms with van der Waals surface area (Å²) in [6, 6.07) is 4.20. The Morgan fingerprint density at radius 3 is 2.70 bits per heavy atom. The van der Waals surface area contributed by atoms with Gasteiger partial charge in [0, 0.05) is 4.50 Å². The van der Waals surface area contributed by atoms with Crippen molar-refractivity contribution in [3.05, 3.63) is 17.5 Å². The number of thiophene rings is 1. The van der Waals surface area contributed by atoms with Crippen LogP contribution in [0.3, 0.4) is 0 Å². The smallest absolute Gasteiger partial charge is 0.152 e. The fraction of sp³-hybridized carbons (Fsp3) is 0.250. The lowest BCUT2D eigenvalue weighted by Crippen LogP contribution is -2.37. The van der Waals surface area contributed by atoms with Crippen LogP contribution in [0.15, 0.2) is 17.5 Å². The summed E-state index contributed by atoms with van der Waals surface area (Å²) < 4.78 is 1.40. The van der Waals surface area contributed by atoms with Gasteiger partial charge in [0.2, 0.25) is 0 Å². The zero-order valence-electron chi connectivity index (χ0n) is 6.22. The Hall–Kier alpha value is -0.523. The Bertz CT molecular complexity index is 241. The quantitative estimate of drug-likeness (QED) is 0.441. The predicted molar refractivity (Wildman–Crippen MR) is 50.3 cm³/mol. The normalized spacial score (nSPS) is 10.9. The van der Waals surface area contributed by atoms with Gasteiger partial charge in [0.15, 0.2) is 8.07 Å². The SMILES string of the molecule is C#C[Si](C)(C)c1cccs1. The third-order valence-corrected chi connectivity index (χ3v) is 6.19. The Morgan fingerprint density at radius 1 is 1.60 bits per heavy atom. The number of terminal acetylenes is 1. The van der Waals surface area contributed by atoms with Crippen molar-refractivity contribution < 1.29 is 0 Å². The molecule has 0 fully saturated rings. The number of rotatable bonds is 1. The van der Waals surface area contributed by atoms with Crippen LogP contribution in [-0.2, 0) is 0 Å². The van der Waals surface area contributed by atoms with E-state index < -0.39 is 8.07 Å². The lowest BCUT2D eigenvalue weighted by atomic mass is 10.7. The topological polar surface area (TPSA) is 0 Å². The zero-order chi connectivity index (χ0) is 7.61. The third-order valence-electron chi connectivity index (χ3n) is 1.50. The molecule has 0 aliphatic rings. The maximum absolute atomic E-state index is 5.42. The lowest BCUT2D eigenvalue weighted by molar-refractivity contribution is 1.90. The van der Waals surface area contributed by atoms with E-state index >= 15 is 0 Å². The molecule has 0 aliphatic carbocycles. The molecule has 0 saturated carbocycles. The van der Waals surface area contributed by atoms with E-state index in [1.54, 1.807) is 11.3 Å². The molecule has 0 aromatic carbocycles. The molecule has 1 rings (SSSR count). The van der Waals surface area contributed by atoms with Crippen LogP contribution in [0, 0.1) is 12.0 Å². The summed E-state index contributed by atoms with van der Waals surface area (Å²) in [7, 11) is -1.45. The standard InChI is InChI=1S/C8H10SSi/c1-4-10(2,3)8-6-5-7-9-8/h1,5-7H,2-3H3. The van der Waals surface area contributed by atoms with E-state index in [-0.39, 0.29) is 0 Å². The van der Waals surface area contributed by atoms with Crippen LogP contribution in [0.1, 0.15) is 0 Å². The fourth-order valence-electron chi connectivity index (χ4n) is 0.705. The van der Waals surface area contributed by atoms with Crippen molar-refractivity contribution in [2.24, 2.45) is 0 Å². The second kappa shape index (κ2) is 2.61. The van der Waals surface area contributed by atoms with Gasteiger partial charge in [-0.1, -0.05) is 25.2 Å². The highest BCUT2D eigenvalue weighted by Gasteiger charge is 2.20. The van der Waals surface area contributed by atoms with Gasteiger partial charge in [0.05, 0.1) is 0 Å². The van der Waals surface area contributed by atoms with Crippen LogP contribution < -0.4 is 4.50 Å². The lowest BCUT2D eigenvalue weighted by Gasteiger charge is -2.10. The fourth-order valence-corrected chi connectivity index (χ4v) is 3.38. The minimum absolute atomic E-state index is 1.40. The van der Waals surface area contributed by atoms with Gasteiger partial charge >= 0.3 is 0 Å². The molecule has 0 N–H and O–H groups in total. The van der Waals surface area contributed by atoms with Crippen LogP contribution in [0.4, 0.5) is 0 Å². The highest BCUT2D eigenvalue weighted by atomic mass is 32.1. The minimum Gasteiger partial charge on any atom is -0.152 e. The molecule has 0 unspecified atom stereocenters. The highest BCUT2D eigenvalue weighted by Crippen LogP contribution is 2.05. The van der Waals surface area contributed by atoms with Crippen LogP contribution >= 0.6 is 11.3 Å². The predicted octanol–water partition coefficient (Wildman–Crippen LogP) is 1.84. The molecule has 1 aromatic rings. The molecule has 0 spiro atoms. The first-order valence-corrected chi connectivity index (χ1v) is 7.06. The molecule has 1 heterocycles. The summed E-state index contributed by atoms with van der Waals surface area (Å²) >= 11 is 1.77. The van der Waals surface area contributed by atoms with Crippen molar-refractivity contribution in [1.29, 1.82) is 0 Å². The van der Waals surface area contributed by atoms with Gasteiger partial charge < -0.3 is 0 Å². The summed E-state index contributed by atoms with van der Waals surface area (Å²) in [5, 5.41) is 2.08. The first kappa shape index (κ1) is 7.58. The van der Waals surface area contributed by atoms with Crippen molar-refractivity contribution in [2.75, 3.05) is 0 Å². The summed E-state index contributed by atoms with van der Waals surface area (Å²) in [4.78, 5) is 0. The Morgan fingerprint density at radius 2 is 2.30 bits per heavy atom. The second-order valence-corrected chi connectivity index (χ2v) is 8.13. The van der Waals surface area contributed by atoms with Crippen molar-refractivity contribution in [1.82, 2.24) is 0 Å². The molecule has 52 valence electrons. The Kier molecular flexibility index (Phi) is 1.98. The van der Waals surface area contributed by atoms with E-state index in [9.17, 15) is 0 Å². The monoisotopic (exact) mass is 166 g/mol. The number of hydrogen-bond acceptors (Lipinski definition) is 1. The van der Waals surface area contributed by atoms with Crippen LogP contribution in [0.25, 0.3) is 0 Å². The first-order valence-electron chi connectivity index (χ1n) is 3.18. The number of hydrogen-bond donors (Lipinski definition) is 0. The van der Waals surface area contributed by atoms with E-state index in [2.05, 4.69) is 36.2 Å². The van der Waals surface area contributed by atoms with Gasteiger partial charge in [-0.2, -0.15) is 11.3 Å². The van der Waals surface area contributed by atoms with Gasteiger partial charge in [0.1, 0.15) is 0 Å². The zero-order valence-corrected chi connectivity index (χ0v) is 8.03. The molecule has 0 bridgehead atoms. The van der Waals surface area contributed by atoms with Gasteiger partial charge in [0.25, 0.3) is 0 Å². The van der Waals surface area contributed by atoms with E-state index in [0.29, 0.717) is 0 Å². The molecule has 0 aliphatic heterocycles. The largest absolute Gasteiger partial charge is 0.173 e. The van der Waals surface area contributed by atoms with E-state index in [4.69, 9.17) is 6.42 Å². The van der Waals surface area contributed by atoms with Crippen LogP contribution in [-0.4, -0.2) is 8.07 Å². The molecule has 0 amide bonds. The van der Waals surface area contributed by atoms with Gasteiger partial charge in [-0.05, 0) is 5.38 Å². The molecule has 0 atom stereocenters. The molecular formula is C8H10SSi. The Balaban J connectivity index is 2.99. The minimum atomic E-state index is -1.45. The average Bonchev–Trinajstić information content (AvgIpc) is 2.38.